The second-order valence-electron chi connectivity index (χ2n) is 7.76. The van der Waals surface area contributed by atoms with E-state index >= 15 is 0 Å². The normalized spacial score (nSPS) is 14.9. The summed E-state index contributed by atoms with van der Waals surface area (Å²) >= 11 is 0.966. The zero-order valence-corrected chi connectivity index (χ0v) is 18.6. The number of fused-ring (bicyclic) bond motifs is 1. The van der Waals surface area contributed by atoms with Gasteiger partial charge in [0, 0.05) is 5.56 Å². The third kappa shape index (κ3) is 4.69. The van der Waals surface area contributed by atoms with Crippen LogP contribution < -0.4 is 4.74 Å². The maximum absolute atomic E-state index is 13.1. The van der Waals surface area contributed by atoms with Crippen molar-refractivity contribution in [1.29, 1.82) is 0 Å². The smallest absolute Gasteiger partial charge is 0.293 e. The summed E-state index contributed by atoms with van der Waals surface area (Å²) in [6.45, 7) is 0.675. The van der Waals surface area contributed by atoms with E-state index in [9.17, 15) is 9.59 Å². The molecule has 4 nitrogen and oxygen atoms in total. The Morgan fingerprint density at radius 3 is 2.33 bits per heavy atom. The Morgan fingerprint density at radius 2 is 1.48 bits per heavy atom. The van der Waals surface area contributed by atoms with Gasteiger partial charge in [-0.2, -0.15) is 0 Å². The molecule has 162 valence electrons. The highest BCUT2D eigenvalue weighted by atomic mass is 32.2. The van der Waals surface area contributed by atoms with Crippen molar-refractivity contribution in [3.05, 3.63) is 119 Å². The van der Waals surface area contributed by atoms with Crippen LogP contribution in [0.2, 0.25) is 0 Å². The Bertz CT molecular complexity index is 1360. The van der Waals surface area contributed by atoms with Gasteiger partial charge in [0.05, 0.1) is 11.4 Å². The summed E-state index contributed by atoms with van der Waals surface area (Å²) in [5, 5.41) is 1.95. The van der Waals surface area contributed by atoms with Crippen LogP contribution in [-0.2, 0) is 17.9 Å². The fourth-order valence-electron chi connectivity index (χ4n) is 3.76. The fraction of sp³-hybridized carbons (Fsp3) is 0.0714. The Morgan fingerprint density at radius 1 is 0.758 bits per heavy atom. The first kappa shape index (κ1) is 21.0. The van der Waals surface area contributed by atoms with E-state index in [-0.39, 0.29) is 17.7 Å². The standard InChI is InChI=1S/C28H21NO3S/c30-27-26(17-24-12-6-7-13-25(24)32-19-20-8-2-1-3-9-20)33-28(31)29(27)18-21-14-15-22-10-4-5-11-23(22)16-21/h1-17H,18-19H2/b26-17-. The van der Waals surface area contributed by atoms with Gasteiger partial charge >= 0.3 is 0 Å². The Balaban J connectivity index is 1.34. The van der Waals surface area contributed by atoms with Gasteiger partial charge in [0.15, 0.2) is 0 Å². The molecule has 0 unspecified atom stereocenters. The summed E-state index contributed by atoms with van der Waals surface area (Å²) in [6, 6.07) is 31.5. The lowest BCUT2D eigenvalue weighted by atomic mass is 10.1. The van der Waals surface area contributed by atoms with Gasteiger partial charge in [0.1, 0.15) is 12.4 Å². The molecular weight excluding hydrogens is 430 g/mol. The Kier molecular flexibility index (Phi) is 5.96. The van der Waals surface area contributed by atoms with Crippen LogP contribution in [0, 0.1) is 0 Å². The lowest BCUT2D eigenvalue weighted by Crippen LogP contribution is -2.27. The number of benzene rings is 4. The molecule has 5 heteroatoms. The molecule has 1 aliphatic rings. The van der Waals surface area contributed by atoms with Crippen LogP contribution in [0.4, 0.5) is 4.79 Å². The average Bonchev–Trinajstić information content (AvgIpc) is 3.11. The van der Waals surface area contributed by atoms with E-state index in [1.54, 1.807) is 6.08 Å². The second kappa shape index (κ2) is 9.35. The van der Waals surface area contributed by atoms with Gasteiger partial charge in [0.25, 0.3) is 11.1 Å². The Hall–Kier alpha value is -3.83. The van der Waals surface area contributed by atoms with Crippen molar-refractivity contribution in [1.82, 2.24) is 4.90 Å². The highest BCUT2D eigenvalue weighted by molar-refractivity contribution is 8.18. The van der Waals surface area contributed by atoms with E-state index in [4.69, 9.17) is 4.74 Å². The third-order valence-electron chi connectivity index (χ3n) is 5.47. The van der Waals surface area contributed by atoms with Crippen LogP contribution in [0.25, 0.3) is 16.8 Å². The van der Waals surface area contributed by atoms with Crippen molar-refractivity contribution in [3.8, 4) is 5.75 Å². The zero-order valence-electron chi connectivity index (χ0n) is 17.8. The lowest BCUT2D eigenvalue weighted by Gasteiger charge is -2.13. The SMILES string of the molecule is O=C1S/C(=C\c2ccccc2OCc2ccccc2)C(=O)N1Cc1ccc2ccccc2c1. The maximum atomic E-state index is 13.1. The molecule has 0 saturated carbocycles. The van der Waals surface area contributed by atoms with Crippen molar-refractivity contribution >= 4 is 39.8 Å². The molecule has 0 atom stereocenters. The first-order chi connectivity index (χ1) is 16.2. The van der Waals surface area contributed by atoms with Gasteiger partial charge in [-0.05, 0) is 51.9 Å². The van der Waals surface area contributed by atoms with E-state index < -0.39 is 0 Å². The van der Waals surface area contributed by atoms with Crippen LogP contribution in [0.1, 0.15) is 16.7 Å². The number of imide groups is 1. The minimum Gasteiger partial charge on any atom is -0.488 e. The van der Waals surface area contributed by atoms with Gasteiger partial charge in [-0.15, -0.1) is 0 Å². The van der Waals surface area contributed by atoms with Crippen LogP contribution >= 0.6 is 11.8 Å². The molecule has 0 aromatic heterocycles. The number of carbonyl (C=O) groups is 2. The Labute approximate surface area is 196 Å². The first-order valence-electron chi connectivity index (χ1n) is 10.7. The molecule has 0 N–H and O–H groups in total. The second-order valence-corrected chi connectivity index (χ2v) is 8.75. The van der Waals surface area contributed by atoms with E-state index in [0.717, 1.165) is 39.2 Å². The number of amides is 2. The molecule has 4 aromatic carbocycles. The number of rotatable bonds is 6. The summed E-state index contributed by atoms with van der Waals surface area (Å²) < 4.78 is 6.00. The average molecular weight is 452 g/mol. The molecular formula is C28H21NO3S. The van der Waals surface area contributed by atoms with Crippen molar-refractivity contribution in [2.75, 3.05) is 0 Å². The topological polar surface area (TPSA) is 46.6 Å². The summed E-state index contributed by atoms with van der Waals surface area (Å²) in [4.78, 5) is 27.4. The summed E-state index contributed by atoms with van der Waals surface area (Å²) in [6.07, 6.45) is 1.74. The molecule has 0 aliphatic carbocycles. The molecule has 1 saturated heterocycles. The van der Waals surface area contributed by atoms with E-state index in [1.807, 2.05) is 97.1 Å². The number of hydrogen-bond acceptors (Lipinski definition) is 4. The summed E-state index contributed by atoms with van der Waals surface area (Å²) in [7, 11) is 0. The van der Waals surface area contributed by atoms with E-state index in [0.29, 0.717) is 17.3 Å². The van der Waals surface area contributed by atoms with Crippen molar-refractivity contribution in [2.45, 2.75) is 13.2 Å². The highest BCUT2D eigenvalue weighted by Gasteiger charge is 2.35. The molecule has 0 spiro atoms. The van der Waals surface area contributed by atoms with Crippen LogP contribution in [-0.4, -0.2) is 16.0 Å². The number of ether oxygens (including phenoxy) is 1. The molecule has 2 amide bonds. The minimum absolute atomic E-state index is 0.249. The number of nitrogens with zero attached hydrogens (tertiary/aromatic N) is 1. The van der Waals surface area contributed by atoms with Crippen molar-refractivity contribution in [3.63, 3.8) is 0 Å². The molecule has 1 fully saturated rings. The predicted octanol–water partition coefficient (Wildman–Crippen LogP) is 6.66. The first-order valence-corrected chi connectivity index (χ1v) is 11.5. The quantitative estimate of drug-likeness (QED) is 0.308. The number of hydrogen-bond donors (Lipinski definition) is 0. The maximum Gasteiger partial charge on any atom is 0.293 e. The molecule has 1 heterocycles. The van der Waals surface area contributed by atoms with Crippen molar-refractivity contribution in [2.24, 2.45) is 0 Å². The minimum atomic E-state index is -0.281. The number of para-hydroxylation sites is 1. The molecule has 0 radical (unpaired) electrons. The summed E-state index contributed by atoms with van der Waals surface area (Å²) in [5.41, 5.74) is 2.75. The fourth-order valence-corrected chi connectivity index (χ4v) is 4.59. The molecule has 33 heavy (non-hydrogen) atoms. The highest BCUT2D eigenvalue weighted by Crippen LogP contribution is 2.35. The van der Waals surface area contributed by atoms with Gasteiger partial charge in [-0.25, -0.2) is 0 Å². The van der Waals surface area contributed by atoms with Crippen LogP contribution in [0.3, 0.4) is 0 Å². The van der Waals surface area contributed by atoms with Gasteiger partial charge in [0.2, 0.25) is 0 Å². The molecule has 1 aliphatic heterocycles. The lowest BCUT2D eigenvalue weighted by molar-refractivity contribution is -0.123. The monoisotopic (exact) mass is 451 g/mol. The third-order valence-corrected chi connectivity index (χ3v) is 6.38. The number of thioether (sulfide) groups is 1. The van der Waals surface area contributed by atoms with Crippen LogP contribution in [0.15, 0.2) is 102 Å². The van der Waals surface area contributed by atoms with Crippen LogP contribution in [0.5, 0.6) is 5.75 Å². The van der Waals surface area contributed by atoms with Gasteiger partial charge < -0.3 is 4.74 Å². The van der Waals surface area contributed by atoms with Gasteiger partial charge in [-0.3, -0.25) is 14.5 Å². The van der Waals surface area contributed by atoms with Gasteiger partial charge in [-0.1, -0.05) is 84.9 Å². The molecule has 4 aromatic rings. The zero-order chi connectivity index (χ0) is 22.6. The van der Waals surface area contributed by atoms with E-state index in [2.05, 4.69) is 0 Å². The summed E-state index contributed by atoms with van der Waals surface area (Å²) in [5.74, 6) is 0.388. The predicted molar refractivity (Wildman–Crippen MR) is 133 cm³/mol. The number of carbonyl (C=O) groups excluding carboxylic acids is 2. The molecule has 0 bridgehead atoms. The van der Waals surface area contributed by atoms with Crippen molar-refractivity contribution < 1.29 is 14.3 Å². The van der Waals surface area contributed by atoms with E-state index in [1.165, 1.54) is 4.90 Å². The largest absolute Gasteiger partial charge is 0.488 e. The molecule has 5 rings (SSSR count).